The summed E-state index contributed by atoms with van der Waals surface area (Å²) in [6.45, 7) is 7.43. The summed E-state index contributed by atoms with van der Waals surface area (Å²) in [5.74, 6) is -0.226. The van der Waals surface area contributed by atoms with E-state index in [0.29, 0.717) is 36.7 Å². The molecule has 3 aromatic rings. The molecule has 0 bridgehead atoms. The van der Waals surface area contributed by atoms with Gasteiger partial charge in [0.25, 0.3) is 5.91 Å². The standard InChI is InChI=1S/C22H25N3O4S2/c1-14-12-15(2)24-22-19(14)16(3)20(30-22)21(26)23-13-17-6-4-5-7-18(17)31(27,28)25-8-10-29-11-9-25/h4-7,12H,8-11,13H2,1-3H3,(H,23,26). The summed E-state index contributed by atoms with van der Waals surface area (Å²) in [6.07, 6.45) is 0. The fourth-order valence-electron chi connectivity index (χ4n) is 3.92. The topological polar surface area (TPSA) is 88.6 Å². The van der Waals surface area contributed by atoms with Gasteiger partial charge in [0.2, 0.25) is 10.0 Å². The normalized spacial score (nSPS) is 15.3. The third-order valence-electron chi connectivity index (χ3n) is 5.43. The number of carbonyl (C=O) groups excluding carboxylic acids is 1. The summed E-state index contributed by atoms with van der Waals surface area (Å²) in [5, 5.41) is 3.91. The van der Waals surface area contributed by atoms with Crippen LogP contribution in [0.5, 0.6) is 0 Å². The van der Waals surface area contributed by atoms with Gasteiger partial charge in [0.1, 0.15) is 4.83 Å². The lowest BCUT2D eigenvalue weighted by atomic mass is 10.1. The van der Waals surface area contributed by atoms with Gasteiger partial charge in [-0.3, -0.25) is 4.79 Å². The highest BCUT2D eigenvalue weighted by atomic mass is 32.2. The van der Waals surface area contributed by atoms with Crippen molar-refractivity contribution in [3.8, 4) is 0 Å². The Bertz CT molecular complexity index is 1250. The number of benzene rings is 1. The molecule has 0 spiro atoms. The molecule has 1 aliphatic rings. The van der Waals surface area contributed by atoms with Gasteiger partial charge in [-0.2, -0.15) is 4.31 Å². The first-order valence-corrected chi connectivity index (χ1v) is 12.4. The van der Waals surface area contributed by atoms with Crippen LogP contribution < -0.4 is 5.32 Å². The molecule has 1 aromatic carbocycles. The average Bonchev–Trinajstić information content (AvgIpc) is 3.09. The Balaban J connectivity index is 1.58. The molecule has 3 heterocycles. The highest BCUT2D eigenvalue weighted by Gasteiger charge is 2.28. The number of hydrogen-bond donors (Lipinski definition) is 1. The zero-order valence-corrected chi connectivity index (χ0v) is 19.4. The predicted molar refractivity (Wildman–Crippen MR) is 121 cm³/mol. The van der Waals surface area contributed by atoms with Gasteiger partial charge in [0.05, 0.1) is 23.0 Å². The maximum absolute atomic E-state index is 13.1. The van der Waals surface area contributed by atoms with E-state index in [0.717, 1.165) is 27.0 Å². The second-order valence-corrected chi connectivity index (χ2v) is 10.5. The molecule has 164 valence electrons. The number of rotatable bonds is 5. The van der Waals surface area contributed by atoms with Crippen molar-refractivity contribution in [1.82, 2.24) is 14.6 Å². The van der Waals surface area contributed by atoms with Crippen molar-refractivity contribution in [2.45, 2.75) is 32.2 Å². The largest absolute Gasteiger partial charge is 0.379 e. The van der Waals surface area contributed by atoms with Crippen LogP contribution in [-0.2, 0) is 21.3 Å². The number of fused-ring (bicyclic) bond motifs is 1. The summed E-state index contributed by atoms with van der Waals surface area (Å²) in [5.41, 5.74) is 3.47. The highest BCUT2D eigenvalue weighted by molar-refractivity contribution is 7.89. The van der Waals surface area contributed by atoms with E-state index in [9.17, 15) is 13.2 Å². The number of nitrogens with zero attached hydrogens (tertiary/aromatic N) is 2. The van der Waals surface area contributed by atoms with Crippen molar-refractivity contribution >= 4 is 37.5 Å². The zero-order valence-electron chi connectivity index (χ0n) is 17.8. The van der Waals surface area contributed by atoms with Crippen LogP contribution in [0.3, 0.4) is 0 Å². The first kappa shape index (κ1) is 21.9. The van der Waals surface area contributed by atoms with Crippen LogP contribution in [0.15, 0.2) is 35.2 Å². The summed E-state index contributed by atoms with van der Waals surface area (Å²) >= 11 is 1.36. The second kappa shape index (κ2) is 8.66. The molecule has 0 radical (unpaired) electrons. The molecule has 1 amide bonds. The number of aryl methyl sites for hydroxylation is 3. The number of carbonyl (C=O) groups is 1. The van der Waals surface area contributed by atoms with Gasteiger partial charge < -0.3 is 10.1 Å². The molecule has 2 aromatic heterocycles. The summed E-state index contributed by atoms with van der Waals surface area (Å²) in [4.78, 5) is 19.2. The van der Waals surface area contributed by atoms with E-state index in [-0.39, 0.29) is 17.3 Å². The minimum Gasteiger partial charge on any atom is -0.379 e. The number of ether oxygens (including phenoxy) is 1. The van der Waals surface area contributed by atoms with E-state index < -0.39 is 10.0 Å². The molecule has 31 heavy (non-hydrogen) atoms. The quantitative estimate of drug-likeness (QED) is 0.633. The molecule has 1 aliphatic heterocycles. The highest BCUT2D eigenvalue weighted by Crippen LogP contribution is 2.32. The molecule has 1 N–H and O–H groups in total. The predicted octanol–water partition coefficient (Wildman–Crippen LogP) is 3.17. The number of morpholine rings is 1. The van der Waals surface area contributed by atoms with Gasteiger partial charge in [-0.05, 0) is 49.6 Å². The number of aromatic nitrogens is 1. The summed E-state index contributed by atoms with van der Waals surface area (Å²) in [6, 6.07) is 8.82. The fraction of sp³-hybridized carbons (Fsp3) is 0.364. The van der Waals surface area contributed by atoms with Crippen LogP contribution in [0.2, 0.25) is 0 Å². The monoisotopic (exact) mass is 459 g/mol. The summed E-state index contributed by atoms with van der Waals surface area (Å²) < 4.78 is 32.9. The zero-order chi connectivity index (χ0) is 22.2. The minimum absolute atomic E-state index is 0.123. The molecule has 0 atom stereocenters. The van der Waals surface area contributed by atoms with Gasteiger partial charge in [-0.1, -0.05) is 18.2 Å². The number of hydrogen-bond acceptors (Lipinski definition) is 6. The van der Waals surface area contributed by atoms with Gasteiger partial charge in [-0.15, -0.1) is 11.3 Å². The average molecular weight is 460 g/mol. The van der Waals surface area contributed by atoms with Gasteiger partial charge >= 0.3 is 0 Å². The number of sulfonamides is 1. The third-order valence-corrected chi connectivity index (χ3v) is 8.62. The number of thiophene rings is 1. The minimum atomic E-state index is -3.65. The lowest BCUT2D eigenvalue weighted by molar-refractivity contribution is 0.0730. The van der Waals surface area contributed by atoms with Crippen LogP contribution in [0.1, 0.15) is 32.1 Å². The van der Waals surface area contributed by atoms with Gasteiger partial charge in [0, 0.05) is 30.7 Å². The van der Waals surface area contributed by atoms with Crippen LogP contribution in [0, 0.1) is 20.8 Å². The molecule has 0 saturated carbocycles. The first-order chi connectivity index (χ1) is 14.8. The van der Waals surface area contributed by atoms with Crippen molar-refractivity contribution in [3.63, 3.8) is 0 Å². The second-order valence-electron chi connectivity index (χ2n) is 7.62. The van der Waals surface area contributed by atoms with Gasteiger partial charge in [0.15, 0.2) is 0 Å². The van der Waals surface area contributed by atoms with E-state index in [4.69, 9.17) is 4.74 Å². The van der Waals surface area contributed by atoms with E-state index in [1.165, 1.54) is 15.6 Å². The van der Waals surface area contributed by atoms with E-state index in [1.807, 2.05) is 26.8 Å². The summed E-state index contributed by atoms with van der Waals surface area (Å²) in [7, 11) is -3.65. The molecule has 9 heteroatoms. The Kier molecular flexibility index (Phi) is 6.11. The van der Waals surface area contributed by atoms with Crippen LogP contribution >= 0.6 is 11.3 Å². The molecular weight excluding hydrogens is 434 g/mol. The van der Waals surface area contributed by atoms with Crippen molar-refractivity contribution in [3.05, 3.63) is 57.6 Å². The maximum Gasteiger partial charge on any atom is 0.261 e. The first-order valence-electron chi connectivity index (χ1n) is 10.1. The molecule has 1 saturated heterocycles. The van der Waals surface area contributed by atoms with Crippen LogP contribution in [0.4, 0.5) is 0 Å². The molecule has 1 fully saturated rings. The molecule has 0 aliphatic carbocycles. The lowest BCUT2D eigenvalue weighted by Crippen LogP contribution is -2.41. The SMILES string of the molecule is Cc1cc(C)c2c(C)c(C(=O)NCc3ccccc3S(=O)(=O)N3CCOCC3)sc2n1. The Morgan fingerprint density at radius 3 is 2.65 bits per heavy atom. The van der Waals surface area contributed by atoms with Crippen LogP contribution in [0.25, 0.3) is 10.2 Å². The van der Waals surface area contributed by atoms with E-state index in [2.05, 4.69) is 10.3 Å². The molecule has 7 nitrogen and oxygen atoms in total. The number of nitrogens with one attached hydrogen (secondary N) is 1. The lowest BCUT2D eigenvalue weighted by Gasteiger charge is -2.27. The van der Waals surface area contributed by atoms with Crippen molar-refractivity contribution in [2.24, 2.45) is 0 Å². The molecule has 4 rings (SSSR count). The number of amides is 1. The maximum atomic E-state index is 13.1. The van der Waals surface area contributed by atoms with Gasteiger partial charge in [-0.25, -0.2) is 13.4 Å². The third kappa shape index (κ3) is 4.23. The Hall–Kier alpha value is -2.33. The number of pyridine rings is 1. The van der Waals surface area contributed by atoms with Crippen molar-refractivity contribution in [1.29, 1.82) is 0 Å². The van der Waals surface area contributed by atoms with E-state index >= 15 is 0 Å². The Labute approximate surface area is 186 Å². The molecule has 0 unspecified atom stereocenters. The van der Waals surface area contributed by atoms with E-state index in [1.54, 1.807) is 24.3 Å². The molecular formula is C22H25N3O4S2. The Morgan fingerprint density at radius 1 is 1.19 bits per heavy atom. The fourth-order valence-corrected chi connectivity index (χ4v) is 6.77. The van der Waals surface area contributed by atoms with Crippen molar-refractivity contribution < 1.29 is 17.9 Å². The van der Waals surface area contributed by atoms with Crippen molar-refractivity contribution in [2.75, 3.05) is 26.3 Å². The van der Waals surface area contributed by atoms with Crippen LogP contribution in [-0.4, -0.2) is 49.9 Å². The smallest absolute Gasteiger partial charge is 0.261 e. The Morgan fingerprint density at radius 2 is 1.90 bits per heavy atom.